The van der Waals surface area contributed by atoms with Gasteiger partial charge in [-0.1, -0.05) is 44.2 Å². The van der Waals surface area contributed by atoms with E-state index in [1.54, 1.807) is 22.0 Å². The summed E-state index contributed by atoms with van der Waals surface area (Å²) in [5.41, 5.74) is 1.45. The molecule has 27 heavy (non-hydrogen) atoms. The summed E-state index contributed by atoms with van der Waals surface area (Å²) < 4.78 is 1.66. The molecule has 2 atom stereocenters. The van der Waals surface area contributed by atoms with Crippen LogP contribution in [-0.2, 0) is 17.4 Å². The number of urea groups is 1. The fourth-order valence-electron chi connectivity index (χ4n) is 4.13. The van der Waals surface area contributed by atoms with E-state index in [4.69, 9.17) is 0 Å². The van der Waals surface area contributed by atoms with Crippen LogP contribution < -0.4 is 15.5 Å². The van der Waals surface area contributed by atoms with Crippen LogP contribution >= 0.6 is 0 Å². The monoisotopic (exact) mass is 367 g/mol. The van der Waals surface area contributed by atoms with Crippen LogP contribution in [0.25, 0.3) is 0 Å². The van der Waals surface area contributed by atoms with Crippen molar-refractivity contribution in [3.8, 4) is 0 Å². The first-order chi connectivity index (χ1) is 12.8. The highest BCUT2D eigenvalue weighted by molar-refractivity contribution is 6.01. The molecule has 0 bridgehead atoms. The van der Waals surface area contributed by atoms with E-state index in [0.29, 0.717) is 13.0 Å². The zero-order valence-corrected chi connectivity index (χ0v) is 15.9. The molecule has 2 N–H and O–H groups in total. The Morgan fingerprint density at radius 1 is 1.26 bits per heavy atom. The molecule has 1 aliphatic carbocycles. The maximum Gasteiger partial charge on any atom is 0.316 e. The van der Waals surface area contributed by atoms with Crippen LogP contribution in [0, 0.1) is 5.41 Å². The number of nitrogens with one attached hydrogen (secondary N) is 2. The van der Waals surface area contributed by atoms with Gasteiger partial charge in [0, 0.05) is 19.8 Å². The first-order valence-corrected chi connectivity index (χ1v) is 9.27. The summed E-state index contributed by atoms with van der Waals surface area (Å²) in [4.78, 5) is 27.0. The zero-order valence-electron chi connectivity index (χ0n) is 15.9. The molecule has 1 saturated carbocycles. The fourth-order valence-corrected chi connectivity index (χ4v) is 4.13. The van der Waals surface area contributed by atoms with E-state index in [2.05, 4.69) is 29.6 Å². The number of hydrogen-bond acceptors (Lipinski definition) is 3. The molecule has 2 unspecified atom stereocenters. The van der Waals surface area contributed by atoms with E-state index >= 15 is 0 Å². The summed E-state index contributed by atoms with van der Waals surface area (Å²) in [6, 6.07) is 9.21. The predicted molar refractivity (Wildman–Crippen MR) is 102 cm³/mol. The lowest BCUT2D eigenvalue weighted by Gasteiger charge is -2.24. The van der Waals surface area contributed by atoms with Crippen molar-refractivity contribution in [2.24, 2.45) is 12.5 Å². The van der Waals surface area contributed by atoms with E-state index < -0.39 is 6.04 Å². The minimum absolute atomic E-state index is 0.0207. The first kappa shape index (κ1) is 17.6. The maximum atomic E-state index is 12.7. The van der Waals surface area contributed by atoms with E-state index in [1.807, 2.05) is 37.4 Å². The van der Waals surface area contributed by atoms with E-state index in [-0.39, 0.29) is 22.9 Å². The summed E-state index contributed by atoms with van der Waals surface area (Å²) >= 11 is 0. The van der Waals surface area contributed by atoms with Crippen molar-refractivity contribution in [2.75, 3.05) is 11.4 Å². The highest BCUT2D eigenvalue weighted by Gasteiger charge is 2.63. The van der Waals surface area contributed by atoms with Gasteiger partial charge < -0.3 is 15.5 Å². The maximum absolute atomic E-state index is 12.7. The molecule has 2 aliphatic rings. The van der Waals surface area contributed by atoms with Crippen LogP contribution in [0.1, 0.15) is 32.3 Å². The number of anilines is 1. The van der Waals surface area contributed by atoms with Gasteiger partial charge in [0.2, 0.25) is 5.91 Å². The first-order valence-electron chi connectivity index (χ1n) is 9.27. The number of aromatic nitrogens is 2. The van der Waals surface area contributed by atoms with Gasteiger partial charge in [-0.3, -0.25) is 9.48 Å². The van der Waals surface area contributed by atoms with Gasteiger partial charge in [0.25, 0.3) is 0 Å². The molecule has 2 heterocycles. The van der Waals surface area contributed by atoms with E-state index in [9.17, 15) is 9.59 Å². The van der Waals surface area contributed by atoms with E-state index in [1.165, 1.54) is 0 Å². The molecule has 1 saturated heterocycles. The highest BCUT2D eigenvalue weighted by Crippen LogP contribution is 2.62. The predicted octanol–water partition coefficient (Wildman–Crippen LogP) is 2.15. The van der Waals surface area contributed by atoms with Crippen molar-refractivity contribution < 1.29 is 9.59 Å². The van der Waals surface area contributed by atoms with Crippen LogP contribution in [-0.4, -0.2) is 34.3 Å². The van der Waals surface area contributed by atoms with Gasteiger partial charge in [-0.25, -0.2) is 4.79 Å². The molecule has 7 heteroatoms. The molecular weight excluding hydrogens is 342 g/mol. The Hall–Kier alpha value is -2.83. The summed E-state index contributed by atoms with van der Waals surface area (Å²) in [7, 11) is 1.81. The van der Waals surface area contributed by atoms with Crippen molar-refractivity contribution in [3.63, 3.8) is 0 Å². The van der Waals surface area contributed by atoms with Gasteiger partial charge in [-0.2, -0.15) is 5.10 Å². The summed E-state index contributed by atoms with van der Waals surface area (Å²) in [5.74, 6) is -0.0954. The second-order valence-corrected chi connectivity index (χ2v) is 8.13. The third-order valence-corrected chi connectivity index (χ3v) is 5.84. The molecule has 7 nitrogen and oxygen atoms in total. The molecule has 2 fully saturated rings. The molecule has 2 aromatic rings. The number of benzene rings is 1. The second kappa shape index (κ2) is 6.11. The van der Waals surface area contributed by atoms with Crippen molar-refractivity contribution in [1.29, 1.82) is 0 Å². The molecular formula is C20H25N5O2. The second-order valence-electron chi connectivity index (χ2n) is 8.13. The van der Waals surface area contributed by atoms with Crippen LogP contribution in [0.4, 0.5) is 10.5 Å². The molecule has 1 aromatic carbocycles. The average molecular weight is 367 g/mol. The third kappa shape index (κ3) is 2.97. The smallest absolute Gasteiger partial charge is 0.316 e. The van der Waals surface area contributed by atoms with Gasteiger partial charge in [0.05, 0.1) is 17.4 Å². The number of aryl methyl sites for hydroxylation is 1. The molecule has 142 valence electrons. The van der Waals surface area contributed by atoms with Gasteiger partial charge >= 0.3 is 6.03 Å². The number of hydrogen-bond donors (Lipinski definition) is 2. The van der Waals surface area contributed by atoms with Crippen LogP contribution in [0.3, 0.4) is 0 Å². The largest absolute Gasteiger partial charge is 0.328 e. The Bertz CT molecular complexity index is 876. The fraction of sp³-hybridized carbons (Fsp3) is 0.450. The summed E-state index contributed by atoms with van der Waals surface area (Å²) in [5, 5.41) is 10.1. The van der Waals surface area contributed by atoms with Crippen molar-refractivity contribution >= 4 is 17.6 Å². The third-order valence-electron chi connectivity index (χ3n) is 5.84. The quantitative estimate of drug-likeness (QED) is 0.869. The van der Waals surface area contributed by atoms with Crippen molar-refractivity contribution in [1.82, 2.24) is 20.4 Å². The van der Waals surface area contributed by atoms with Crippen LogP contribution in [0.2, 0.25) is 0 Å². The lowest BCUT2D eigenvalue weighted by molar-refractivity contribution is -0.118. The lowest BCUT2D eigenvalue weighted by Crippen LogP contribution is -2.50. The lowest BCUT2D eigenvalue weighted by atomic mass is 9.96. The van der Waals surface area contributed by atoms with Gasteiger partial charge in [-0.05, 0) is 23.8 Å². The Balaban J connectivity index is 1.43. The standard InChI is InChI=1S/C20H25N5O2/c1-19(2)13-20(19,14-7-5-4-6-8-14)23-18(27)22-16-9-10-25(17(16)26)15-11-21-24(3)12-15/h4-8,11-12,16H,9-10,13H2,1-3H3,(H2,22,23,27). The average Bonchev–Trinajstić information content (AvgIpc) is 2.94. The van der Waals surface area contributed by atoms with Crippen molar-refractivity contribution in [2.45, 2.75) is 38.3 Å². The summed E-state index contributed by atoms with van der Waals surface area (Å²) in [6.45, 7) is 4.86. The van der Waals surface area contributed by atoms with Gasteiger partial charge in [0.1, 0.15) is 6.04 Å². The normalized spacial score (nSPS) is 26.1. The number of amides is 3. The Labute approximate surface area is 158 Å². The molecule has 0 radical (unpaired) electrons. The van der Waals surface area contributed by atoms with Gasteiger partial charge in [0.15, 0.2) is 0 Å². The Morgan fingerprint density at radius 2 is 1.96 bits per heavy atom. The minimum Gasteiger partial charge on any atom is -0.328 e. The highest BCUT2D eigenvalue weighted by atomic mass is 16.2. The van der Waals surface area contributed by atoms with Gasteiger partial charge in [-0.15, -0.1) is 0 Å². The number of carbonyl (C=O) groups excluding carboxylic acids is 2. The molecule has 4 rings (SSSR count). The Kier molecular flexibility index (Phi) is 3.98. The molecule has 3 amide bonds. The zero-order chi connectivity index (χ0) is 19.2. The summed E-state index contributed by atoms with van der Waals surface area (Å²) in [6.07, 6.45) is 4.93. The molecule has 1 aliphatic heterocycles. The van der Waals surface area contributed by atoms with Crippen LogP contribution in [0.15, 0.2) is 42.7 Å². The topological polar surface area (TPSA) is 79.3 Å². The van der Waals surface area contributed by atoms with Crippen LogP contribution in [0.5, 0.6) is 0 Å². The van der Waals surface area contributed by atoms with E-state index in [0.717, 1.165) is 17.7 Å². The molecule has 1 aromatic heterocycles. The SMILES string of the molecule is Cn1cc(N2CCC(NC(=O)NC3(c4ccccc4)CC3(C)C)C2=O)cn1. The number of nitrogens with zero attached hydrogens (tertiary/aromatic N) is 3. The van der Waals surface area contributed by atoms with Crippen molar-refractivity contribution in [3.05, 3.63) is 48.3 Å². The Morgan fingerprint density at radius 3 is 2.56 bits per heavy atom. The minimum atomic E-state index is -0.514. The molecule has 0 spiro atoms. The number of rotatable bonds is 4. The number of carbonyl (C=O) groups is 2.